The number of imide groups is 1. The van der Waals surface area contributed by atoms with Gasteiger partial charge >= 0.3 is 0 Å². The minimum Gasteiger partial charge on any atom is -0.268 e. The Morgan fingerprint density at radius 1 is 0.923 bits per heavy atom. The van der Waals surface area contributed by atoms with E-state index < -0.39 is 0 Å². The quantitative estimate of drug-likeness (QED) is 0.365. The van der Waals surface area contributed by atoms with Crippen LogP contribution in [0.15, 0.2) is 71.6 Å². The summed E-state index contributed by atoms with van der Waals surface area (Å²) in [5, 5.41) is 1.95. The average molecular weight is 471 g/mol. The van der Waals surface area contributed by atoms with E-state index in [4.69, 9.17) is 0 Å². The SMILES string of the molecule is O=C1S/C(=C/c2ccc(I)cc2)C(=O)N1Cc1cccc2ccccc12. The molecule has 0 spiro atoms. The van der Waals surface area contributed by atoms with Gasteiger partial charge < -0.3 is 0 Å². The number of thioether (sulfide) groups is 1. The molecule has 0 radical (unpaired) electrons. The van der Waals surface area contributed by atoms with Crippen molar-refractivity contribution in [2.45, 2.75) is 6.54 Å². The molecule has 0 aliphatic carbocycles. The van der Waals surface area contributed by atoms with E-state index >= 15 is 0 Å². The van der Waals surface area contributed by atoms with E-state index in [1.807, 2.05) is 66.7 Å². The molecule has 3 aromatic rings. The molecule has 5 heteroatoms. The lowest BCUT2D eigenvalue weighted by molar-refractivity contribution is -0.123. The van der Waals surface area contributed by atoms with Gasteiger partial charge in [-0.3, -0.25) is 14.5 Å². The lowest BCUT2D eigenvalue weighted by Crippen LogP contribution is -2.27. The molecule has 1 aliphatic heterocycles. The van der Waals surface area contributed by atoms with E-state index in [9.17, 15) is 9.59 Å². The Bertz CT molecular complexity index is 1040. The number of hydrogen-bond acceptors (Lipinski definition) is 3. The number of nitrogens with zero attached hydrogens (tertiary/aromatic N) is 1. The van der Waals surface area contributed by atoms with E-state index in [0.717, 1.165) is 37.2 Å². The summed E-state index contributed by atoms with van der Waals surface area (Å²) in [6.45, 7) is 0.288. The molecule has 1 heterocycles. The molecule has 4 rings (SSSR count). The number of benzene rings is 3. The van der Waals surface area contributed by atoms with Gasteiger partial charge in [0, 0.05) is 3.57 Å². The van der Waals surface area contributed by atoms with Gasteiger partial charge in [0.2, 0.25) is 0 Å². The van der Waals surface area contributed by atoms with Crippen molar-refractivity contribution < 1.29 is 9.59 Å². The topological polar surface area (TPSA) is 37.4 Å². The van der Waals surface area contributed by atoms with Crippen LogP contribution in [0.5, 0.6) is 0 Å². The molecule has 0 N–H and O–H groups in total. The molecule has 1 aliphatic rings. The van der Waals surface area contributed by atoms with E-state index in [0.29, 0.717) is 4.91 Å². The van der Waals surface area contributed by atoms with Gasteiger partial charge in [-0.2, -0.15) is 0 Å². The fraction of sp³-hybridized carbons (Fsp3) is 0.0476. The number of fused-ring (bicyclic) bond motifs is 1. The average Bonchev–Trinajstić information content (AvgIpc) is 2.91. The number of halogens is 1. The van der Waals surface area contributed by atoms with Crippen molar-refractivity contribution >= 4 is 62.3 Å². The third-order valence-corrected chi connectivity index (χ3v) is 5.88. The number of hydrogen-bond donors (Lipinski definition) is 0. The van der Waals surface area contributed by atoms with E-state index in [1.54, 1.807) is 6.08 Å². The van der Waals surface area contributed by atoms with Crippen LogP contribution in [0, 0.1) is 3.57 Å². The Labute approximate surface area is 169 Å². The predicted molar refractivity (Wildman–Crippen MR) is 115 cm³/mol. The lowest BCUT2D eigenvalue weighted by atomic mass is 10.0. The molecule has 3 nitrogen and oxygen atoms in total. The van der Waals surface area contributed by atoms with Crippen molar-refractivity contribution in [1.82, 2.24) is 4.90 Å². The lowest BCUT2D eigenvalue weighted by Gasteiger charge is -2.14. The van der Waals surface area contributed by atoms with Gasteiger partial charge in [0.1, 0.15) is 0 Å². The second-order valence-electron chi connectivity index (χ2n) is 5.96. The smallest absolute Gasteiger partial charge is 0.268 e. The second-order valence-corrected chi connectivity index (χ2v) is 8.20. The van der Waals surface area contributed by atoms with Gasteiger partial charge in [0.05, 0.1) is 11.4 Å². The summed E-state index contributed by atoms with van der Waals surface area (Å²) < 4.78 is 1.13. The highest BCUT2D eigenvalue weighted by molar-refractivity contribution is 14.1. The summed E-state index contributed by atoms with van der Waals surface area (Å²) in [7, 11) is 0. The molecule has 1 fully saturated rings. The highest BCUT2D eigenvalue weighted by Gasteiger charge is 2.35. The van der Waals surface area contributed by atoms with Crippen LogP contribution >= 0.6 is 34.4 Å². The van der Waals surface area contributed by atoms with Gasteiger partial charge in [-0.25, -0.2) is 0 Å². The Hall–Kier alpha value is -2.12. The molecule has 0 saturated carbocycles. The van der Waals surface area contributed by atoms with Gasteiger partial charge in [0.15, 0.2) is 0 Å². The summed E-state index contributed by atoms with van der Waals surface area (Å²) in [5.41, 5.74) is 1.89. The first-order valence-electron chi connectivity index (χ1n) is 8.09. The summed E-state index contributed by atoms with van der Waals surface area (Å²) in [4.78, 5) is 26.9. The normalized spacial score (nSPS) is 16.0. The number of carbonyl (C=O) groups excluding carboxylic acids is 2. The van der Waals surface area contributed by atoms with Crippen molar-refractivity contribution in [2.75, 3.05) is 0 Å². The molecule has 3 aromatic carbocycles. The first-order chi connectivity index (χ1) is 12.6. The molecule has 2 amide bonds. The highest BCUT2D eigenvalue weighted by Crippen LogP contribution is 2.34. The largest absolute Gasteiger partial charge is 0.293 e. The zero-order valence-corrected chi connectivity index (χ0v) is 16.7. The van der Waals surface area contributed by atoms with Gasteiger partial charge in [-0.15, -0.1) is 0 Å². The summed E-state index contributed by atoms with van der Waals surface area (Å²) >= 11 is 3.24. The monoisotopic (exact) mass is 471 g/mol. The molecular formula is C21H14INO2S. The number of rotatable bonds is 3. The van der Waals surface area contributed by atoms with Crippen LogP contribution in [0.4, 0.5) is 4.79 Å². The van der Waals surface area contributed by atoms with Crippen LogP contribution in [0.2, 0.25) is 0 Å². The molecule has 26 heavy (non-hydrogen) atoms. The molecule has 128 valence electrons. The summed E-state index contributed by atoms with van der Waals surface area (Å²) in [6, 6.07) is 21.8. The summed E-state index contributed by atoms with van der Waals surface area (Å²) in [5.74, 6) is -0.230. The fourth-order valence-corrected chi connectivity index (χ4v) is 4.15. The summed E-state index contributed by atoms with van der Waals surface area (Å²) in [6.07, 6.45) is 1.78. The predicted octanol–water partition coefficient (Wildman–Crippen LogP) is 5.68. The third-order valence-electron chi connectivity index (χ3n) is 4.25. The highest BCUT2D eigenvalue weighted by atomic mass is 127. The Kier molecular flexibility index (Phi) is 4.82. The molecule has 0 atom stereocenters. The zero-order chi connectivity index (χ0) is 18.1. The Morgan fingerprint density at radius 2 is 1.65 bits per heavy atom. The van der Waals surface area contributed by atoms with Crippen LogP contribution in [0.1, 0.15) is 11.1 Å². The second kappa shape index (κ2) is 7.25. The van der Waals surface area contributed by atoms with E-state index in [-0.39, 0.29) is 17.7 Å². The standard InChI is InChI=1S/C21H14INO2S/c22-17-10-8-14(9-11-17)12-19-20(24)23(21(25)26-19)13-16-6-3-5-15-4-1-2-7-18(15)16/h1-12H,13H2/b19-12+. The van der Waals surface area contributed by atoms with Crippen LogP contribution < -0.4 is 0 Å². The maximum Gasteiger partial charge on any atom is 0.293 e. The van der Waals surface area contributed by atoms with Crippen LogP contribution in [-0.4, -0.2) is 16.0 Å². The van der Waals surface area contributed by atoms with Crippen LogP contribution in [0.25, 0.3) is 16.8 Å². The minimum absolute atomic E-state index is 0.223. The van der Waals surface area contributed by atoms with Crippen molar-refractivity contribution in [2.24, 2.45) is 0 Å². The van der Waals surface area contributed by atoms with Crippen molar-refractivity contribution in [1.29, 1.82) is 0 Å². The van der Waals surface area contributed by atoms with Crippen LogP contribution in [0.3, 0.4) is 0 Å². The Morgan fingerprint density at radius 3 is 2.46 bits per heavy atom. The van der Waals surface area contributed by atoms with Crippen LogP contribution in [-0.2, 0) is 11.3 Å². The molecule has 0 aromatic heterocycles. The van der Waals surface area contributed by atoms with Gasteiger partial charge in [-0.1, -0.05) is 54.6 Å². The number of amides is 2. The van der Waals surface area contributed by atoms with E-state index in [1.165, 1.54) is 4.90 Å². The molecular weight excluding hydrogens is 457 g/mol. The van der Waals surface area contributed by atoms with Crippen molar-refractivity contribution in [3.05, 3.63) is 86.3 Å². The fourth-order valence-electron chi connectivity index (χ4n) is 2.95. The maximum atomic E-state index is 12.7. The molecule has 0 unspecified atom stereocenters. The molecule has 1 saturated heterocycles. The van der Waals surface area contributed by atoms with Gasteiger partial charge in [-0.05, 0) is 74.5 Å². The zero-order valence-electron chi connectivity index (χ0n) is 13.7. The first kappa shape index (κ1) is 17.3. The third kappa shape index (κ3) is 3.41. The maximum absolute atomic E-state index is 12.7. The van der Waals surface area contributed by atoms with Gasteiger partial charge in [0.25, 0.3) is 11.1 Å². The van der Waals surface area contributed by atoms with Crippen molar-refractivity contribution in [3.8, 4) is 0 Å². The Balaban J connectivity index is 1.62. The molecule has 0 bridgehead atoms. The first-order valence-corrected chi connectivity index (χ1v) is 9.99. The minimum atomic E-state index is -0.230. The number of carbonyl (C=O) groups is 2. The van der Waals surface area contributed by atoms with E-state index in [2.05, 4.69) is 22.6 Å². The van der Waals surface area contributed by atoms with Crippen molar-refractivity contribution in [3.63, 3.8) is 0 Å².